The highest BCUT2D eigenvalue weighted by Gasteiger charge is 2.13. The van der Waals surface area contributed by atoms with Crippen LogP contribution < -0.4 is 5.32 Å². The molecule has 5 heteroatoms. The van der Waals surface area contributed by atoms with E-state index in [0.717, 1.165) is 15.7 Å². The Hall–Kier alpha value is -0.550. The number of anilines is 1. The zero-order valence-corrected chi connectivity index (χ0v) is 12.7. The molecule has 0 heterocycles. The van der Waals surface area contributed by atoms with E-state index < -0.39 is 9.84 Å². The molecular weight excluding hydrogens is 302 g/mol. The van der Waals surface area contributed by atoms with Crippen LogP contribution in [0.3, 0.4) is 0 Å². The second kappa shape index (κ2) is 5.87. The summed E-state index contributed by atoms with van der Waals surface area (Å²) >= 11 is 3.43. The number of aryl methyl sites for hydroxylation is 1. The third kappa shape index (κ3) is 4.68. The molecule has 1 aromatic carbocycles. The van der Waals surface area contributed by atoms with Crippen LogP contribution in [0.15, 0.2) is 22.7 Å². The summed E-state index contributed by atoms with van der Waals surface area (Å²) in [6, 6.07) is 5.81. The predicted molar refractivity (Wildman–Crippen MR) is 76.3 cm³/mol. The Morgan fingerprint density at radius 2 is 2.06 bits per heavy atom. The van der Waals surface area contributed by atoms with Crippen molar-refractivity contribution in [2.24, 2.45) is 0 Å². The van der Waals surface area contributed by atoms with Crippen LogP contribution in [-0.2, 0) is 9.84 Å². The number of nitrogens with one attached hydrogen (secondary N) is 1. The van der Waals surface area contributed by atoms with E-state index in [4.69, 9.17) is 0 Å². The van der Waals surface area contributed by atoms with Crippen molar-refractivity contribution in [2.75, 3.05) is 16.8 Å². The molecule has 0 aliphatic rings. The Balaban J connectivity index is 2.68. The second-order valence-electron chi connectivity index (χ2n) is 4.21. The Labute approximate surface area is 112 Å². The van der Waals surface area contributed by atoms with Gasteiger partial charge in [0.1, 0.15) is 0 Å². The van der Waals surface area contributed by atoms with Gasteiger partial charge in [0.15, 0.2) is 9.84 Å². The van der Waals surface area contributed by atoms with E-state index in [2.05, 4.69) is 21.2 Å². The molecule has 3 nitrogen and oxygen atoms in total. The van der Waals surface area contributed by atoms with E-state index in [1.807, 2.05) is 32.0 Å². The largest absolute Gasteiger partial charge is 0.382 e. The normalized spacial score (nSPS) is 13.4. The molecule has 1 rings (SSSR count). The highest BCUT2D eigenvalue weighted by molar-refractivity contribution is 9.10. The van der Waals surface area contributed by atoms with Gasteiger partial charge in [-0.3, -0.25) is 0 Å². The SMILES string of the molecule is CCS(=O)(=O)CC(C)Nc1ccc(Br)c(C)c1. The Kier molecular flexibility index (Phi) is 5.01. The highest BCUT2D eigenvalue weighted by Crippen LogP contribution is 2.20. The average Bonchev–Trinajstić information content (AvgIpc) is 2.23. The van der Waals surface area contributed by atoms with Crippen LogP contribution in [0.2, 0.25) is 0 Å². The topological polar surface area (TPSA) is 46.2 Å². The minimum Gasteiger partial charge on any atom is -0.382 e. The predicted octanol–water partition coefficient (Wildman–Crippen LogP) is 2.99. The summed E-state index contributed by atoms with van der Waals surface area (Å²) in [7, 11) is -2.93. The Bertz CT molecular complexity index is 485. The zero-order chi connectivity index (χ0) is 13.1. The zero-order valence-electron chi connectivity index (χ0n) is 10.3. The summed E-state index contributed by atoms with van der Waals surface area (Å²) in [4.78, 5) is 0. The molecule has 1 aromatic rings. The lowest BCUT2D eigenvalue weighted by Crippen LogP contribution is -2.26. The van der Waals surface area contributed by atoms with Crippen molar-refractivity contribution in [1.82, 2.24) is 0 Å². The summed E-state index contributed by atoms with van der Waals surface area (Å²) in [5, 5.41) is 3.20. The molecular formula is C12H18BrNO2S. The summed E-state index contributed by atoms with van der Waals surface area (Å²) in [5.41, 5.74) is 2.07. The van der Waals surface area contributed by atoms with E-state index in [9.17, 15) is 8.42 Å². The summed E-state index contributed by atoms with van der Waals surface area (Å²) in [6.07, 6.45) is 0. The maximum atomic E-state index is 11.5. The fourth-order valence-electron chi connectivity index (χ4n) is 1.56. The smallest absolute Gasteiger partial charge is 0.152 e. The number of benzene rings is 1. The molecule has 1 unspecified atom stereocenters. The van der Waals surface area contributed by atoms with Crippen molar-refractivity contribution >= 4 is 31.5 Å². The summed E-state index contributed by atoms with van der Waals surface area (Å²) < 4.78 is 24.0. The molecule has 0 radical (unpaired) electrons. The molecule has 0 saturated carbocycles. The minimum absolute atomic E-state index is 0.0828. The van der Waals surface area contributed by atoms with Gasteiger partial charge >= 0.3 is 0 Å². The first-order chi connectivity index (χ1) is 7.84. The van der Waals surface area contributed by atoms with Gasteiger partial charge in [0.05, 0.1) is 5.75 Å². The van der Waals surface area contributed by atoms with E-state index in [-0.39, 0.29) is 17.5 Å². The van der Waals surface area contributed by atoms with E-state index in [1.165, 1.54) is 0 Å². The van der Waals surface area contributed by atoms with Gasteiger partial charge in [-0.1, -0.05) is 22.9 Å². The molecule has 96 valence electrons. The molecule has 0 spiro atoms. The van der Waals surface area contributed by atoms with Gasteiger partial charge in [-0.15, -0.1) is 0 Å². The minimum atomic E-state index is -2.93. The molecule has 0 amide bonds. The second-order valence-corrected chi connectivity index (χ2v) is 7.46. The van der Waals surface area contributed by atoms with Crippen LogP contribution in [-0.4, -0.2) is 26.0 Å². The third-order valence-corrected chi connectivity index (χ3v) is 5.29. The van der Waals surface area contributed by atoms with Crippen LogP contribution in [0.1, 0.15) is 19.4 Å². The van der Waals surface area contributed by atoms with E-state index >= 15 is 0 Å². The number of hydrogen-bond donors (Lipinski definition) is 1. The molecule has 1 atom stereocenters. The van der Waals surface area contributed by atoms with Crippen LogP contribution in [0, 0.1) is 6.92 Å². The van der Waals surface area contributed by atoms with Gasteiger partial charge in [0, 0.05) is 22.0 Å². The van der Waals surface area contributed by atoms with Crippen LogP contribution in [0.4, 0.5) is 5.69 Å². The van der Waals surface area contributed by atoms with Gasteiger partial charge in [-0.25, -0.2) is 8.42 Å². The molecule has 0 fully saturated rings. The maximum Gasteiger partial charge on any atom is 0.152 e. The first kappa shape index (κ1) is 14.5. The molecule has 17 heavy (non-hydrogen) atoms. The number of sulfone groups is 1. The van der Waals surface area contributed by atoms with Crippen molar-refractivity contribution in [3.05, 3.63) is 28.2 Å². The quantitative estimate of drug-likeness (QED) is 0.907. The summed E-state index contributed by atoms with van der Waals surface area (Å²) in [6.45, 7) is 5.55. The number of rotatable bonds is 5. The lowest BCUT2D eigenvalue weighted by molar-refractivity contribution is 0.593. The van der Waals surface area contributed by atoms with E-state index in [0.29, 0.717) is 0 Å². The third-order valence-electron chi connectivity index (χ3n) is 2.51. The van der Waals surface area contributed by atoms with Crippen molar-refractivity contribution in [3.63, 3.8) is 0 Å². The lowest BCUT2D eigenvalue weighted by Gasteiger charge is -2.15. The first-order valence-corrected chi connectivity index (χ1v) is 8.18. The molecule has 0 aromatic heterocycles. The molecule has 0 aliphatic carbocycles. The molecule has 0 aliphatic heterocycles. The first-order valence-electron chi connectivity index (χ1n) is 5.57. The lowest BCUT2D eigenvalue weighted by atomic mass is 10.2. The number of hydrogen-bond acceptors (Lipinski definition) is 3. The Morgan fingerprint density at radius 1 is 1.41 bits per heavy atom. The van der Waals surface area contributed by atoms with Gasteiger partial charge < -0.3 is 5.32 Å². The van der Waals surface area contributed by atoms with Gasteiger partial charge in [0.25, 0.3) is 0 Å². The van der Waals surface area contributed by atoms with Gasteiger partial charge in [-0.05, 0) is 37.6 Å². The number of halogens is 1. The van der Waals surface area contributed by atoms with Crippen molar-refractivity contribution < 1.29 is 8.42 Å². The van der Waals surface area contributed by atoms with Crippen LogP contribution >= 0.6 is 15.9 Å². The van der Waals surface area contributed by atoms with Crippen molar-refractivity contribution in [3.8, 4) is 0 Å². The monoisotopic (exact) mass is 319 g/mol. The van der Waals surface area contributed by atoms with Crippen molar-refractivity contribution in [1.29, 1.82) is 0 Å². The fourth-order valence-corrected chi connectivity index (χ4v) is 2.89. The fraction of sp³-hybridized carbons (Fsp3) is 0.500. The summed E-state index contributed by atoms with van der Waals surface area (Å²) in [5.74, 6) is 0.358. The maximum absolute atomic E-state index is 11.5. The van der Waals surface area contributed by atoms with E-state index in [1.54, 1.807) is 6.92 Å². The van der Waals surface area contributed by atoms with Gasteiger partial charge in [0.2, 0.25) is 0 Å². The molecule has 1 N–H and O–H groups in total. The van der Waals surface area contributed by atoms with Gasteiger partial charge in [-0.2, -0.15) is 0 Å². The Morgan fingerprint density at radius 3 is 2.59 bits per heavy atom. The average molecular weight is 320 g/mol. The molecule has 0 bridgehead atoms. The highest BCUT2D eigenvalue weighted by atomic mass is 79.9. The van der Waals surface area contributed by atoms with Crippen LogP contribution in [0.5, 0.6) is 0 Å². The standard InChI is InChI=1S/C12H18BrNO2S/c1-4-17(15,16)8-10(3)14-11-5-6-12(13)9(2)7-11/h5-7,10,14H,4,8H2,1-3H3. The van der Waals surface area contributed by atoms with Crippen molar-refractivity contribution in [2.45, 2.75) is 26.8 Å². The van der Waals surface area contributed by atoms with Crippen LogP contribution in [0.25, 0.3) is 0 Å². The molecule has 0 saturated heterocycles.